The predicted octanol–water partition coefficient (Wildman–Crippen LogP) is 3.17. The number of rotatable bonds is 5. The van der Waals surface area contributed by atoms with Gasteiger partial charge in [-0.2, -0.15) is 0 Å². The van der Waals surface area contributed by atoms with Crippen LogP contribution in [0.3, 0.4) is 0 Å². The first-order valence-electron chi connectivity index (χ1n) is 7.90. The highest BCUT2D eigenvalue weighted by molar-refractivity contribution is 7.99. The Balaban J connectivity index is 1.70. The van der Waals surface area contributed by atoms with Crippen LogP contribution >= 0.6 is 11.8 Å². The van der Waals surface area contributed by atoms with Gasteiger partial charge in [-0.05, 0) is 18.1 Å². The summed E-state index contributed by atoms with van der Waals surface area (Å²) in [5.74, 6) is 0.117. The van der Waals surface area contributed by atoms with Gasteiger partial charge in [0.1, 0.15) is 0 Å². The van der Waals surface area contributed by atoms with Gasteiger partial charge in [-0.3, -0.25) is 14.6 Å². The smallest absolute Gasteiger partial charge is 0.251 e. The van der Waals surface area contributed by atoms with Crippen molar-refractivity contribution in [3.8, 4) is 0 Å². The maximum absolute atomic E-state index is 12.3. The maximum Gasteiger partial charge on any atom is 0.251 e. The molecule has 0 fully saturated rings. The van der Waals surface area contributed by atoms with E-state index in [2.05, 4.69) is 20.3 Å². The molecule has 128 valence electrons. The topological polar surface area (TPSA) is 87.7 Å². The lowest BCUT2D eigenvalue weighted by Crippen LogP contribution is -2.16. The number of carbonyl (C=O) groups is 1. The molecule has 2 N–H and O–H groups in total. The second-order valence-electron chi connectivity index (χ2n) is 5.85. The molecule has 3 aromatic rings. The Kier molecular flexibility index (Phi) is 5.14. The Morgan fingerprint density at radius 3 is 2.88 bits per heavy atom. The number of fused-ring (bicyclic) bond motifs is 1. The van der Waals surface area contributed by atoms with E-state index >= 15 is 0 Å². The first-order chi connectivity index (χ1) is 12.0. The number of thioether (sulfide) groups is 1. The minimum atomic E-state index is -0.208. The van der Waals surface area contributed by atoms with Gasteiger partial charge in [0, 0.05) is 17.6 Å². The fourth-order valence-electron chi connectivity index (χ4n) is 2.34. The summed E-state index contributed by atoms with van der Waals surface area (Å²) in [6, 6.07) is 10.9. The molecule has 7 heteroatoms. The molecule has 0 unspecified atom stereocenters. The third-order valence-electron chi connectivity index (χ3n) is 3.58. The SMILES string of the molecule is CC(C)c1cc(=O)[nH]c(SCC(=O)Nc2cccc3cccnc23)n1. The first kappa shape index (κ1) is 17.2. The second kappa shape index (κ2) is 7.48. The van der Waals surface area contributed by atoms with Crippen molar-refractivity contribution >= 4 is 34.3 Å². The van der Waals surface area contributed by atoms with Gasteiger partial charge in [0.05, 0.1) is 22.7 Å². The minimum absolute atomic E-state index is 0.147. The molecule has 0 aliphatic heterocycles. The normalized spacial score (nSPS) is 11.0. The van der Waals surface area contributed by atoms with Crippen molar-refractivity contribution in [1.82, 2.24) is 15.0 Å². The van der Waals surface area contributed by atoms with Crippen molar-refractivity contribution in [1.29, 1.82) is 0 Å². The van der Waals surface area contributed by atoms with Gasteiger partial charge in [0.25, 0.3) is 5.56 Å². The number of hydrogen-bond acceptors (Lipinski definition) is 5. The van der Waals surface area contributed by atoms with E-state index in [1.54, 1.807) is 6.20 Å². The third kappa shape index (κ3) is 4.24. The van der Waals surface area contributed by atoms with Crippen molar-refractivity contribution in [2.24, 2.45) is 0 Å². The van der Waals surface area contributed by atoms with Crippen LogP contribution < -0.4 is 10.9 Å². The van der Waals surface area contributed by atoms with E-state index in [-0.39, 0.29) is 23.1 Å². The molecule has 0 aliphatic carbocycles. The van der Waals surface area contributed by atoms with Gasteiger partial charge in [0.15, 0.2) is 5.16 Å². The van der Waals surface area contributed by atoms with Crippen LogP contribution in [-0.4, -0.2) is 26.6 Å². The van der Waals surface area contributed by atoms with Crippen LogP contribution in [0.5, 0.6) is 0 Å². The van der Waals surface area contributed by atoms with Crippen LogP contribution in [0.1, 0.15) is 25.5 Å². The third-order valence-corrected chi connectivity index (χ3v) is 4.45. The average Bonchev–Trinajstić information content (AvgIpc) is 2.60. The standard InChI is InChI=1S/C18H18N4O2S/c1-11(2)14-9-15(23)22-18(21-14)25-10-16(24)20-13-7-3-5-12-6-4-8-19-17(12)13/h3-9,11H,10H2,1-2H3,(H,20,24)(H,21,22,23). The van der Waals surface area contributed by atoms with Crippen molar-refractivity contribution in [3.63, 3.8) is 0 Å². The summed E-state index contributed by atoms with van der Waals surface area (Å²) in [6.07, 6.45) is 1.69. The van der Waals surface area contributed by atoms with Crippen LogP contribution in [0, 0.1) is 0 Å². The number of pyridine rings is 1. The Morgan fingerprint density at radius 1 is 1.28 bits per heavy atom. The van der Waals surface area contributed by atoms with Gasteiger partial charge in [-0.25, -0.2) is 4.98 Å². The monoisotopic (exact) mass is 354 g/mol. The van der Waals surface area contributed by atoms with E-state index in [0.29, 0.717) is 16.5 Å². The molecule has 0 saturated carbocycles. The van der Waals surface area contributed by atoms with Crippen molar-refractivity contribution < 1.29 is 4.79 Å². The van der Waals surface area contributed by atoms with E-state index in [4.69, 9.17) is 0 Å². The highest BCUT2D eigenvalue weighted by Crippen LogP contribution is 2.21. The molecule has 2 aromatic heterocycles. The number of para-hydroxylation sites is 1. The lowest BCUT2D eigenvalue weighted by Gasteiger charge is -2.08. The molecule has 6 nitrogen and oxygen atoms in total. The Bertz CT molecular complexity index is 963. The minimum Gasteiger partial charge on any atom is -0.323 e. The van der Waals surface area contributed by atoms with Gasteiger partial charge in [0.2, 0.25) is 5.91 Å². The Labute approximate surface area is 149 Å². The second-order valence-corrected chi connectivity index (χ2v) is 6.81. The van der Waals surface area contributed by atoms with Crippen LogP contribution in [0.4, 0.5) is 5.69 Å². The zero-order valence-electron chi connectivity index (χ0n) is 13.9. The molecule has 3 rings (SSSR count). The number of aromatic nitrogens is 3. The number of H-pyrrole nitrogens is 1. The van der Waals surface area contributed by atoms with Crippen LogP contribution in [-0.2, 0) is 4.79 Å². The zero-order valence-corrected chi connectivity index (χ0v) is 14.8. The largest absolute Gasteiger partial charge is 0.323 e. The average molecular weight is 354 g/mol. The molecule has 1 aromatic carbocycles. The van der Waals surface area contributed by atoms with Gasteiger partial charge < -0.3 is 10.3 Å². The number of anilines is 1. The van der Waals surface area contributed by atoms with Gasteiger partial charge in [-0.1, -0.05) is 43.8 Å². The van der Waals surface area contributed by atoms with E-state index in [1.807, 2.05) is 44.2 Å². The molecule has 0 aliphatic rings. The van der Waals surface area contributed by atoms with Crippen molar-refractivity contribution in [2.45, 2.75) is 24.9 Å². The summed E-state index contributed by atoms with van der Waals surface area (Å²) >= 11 is 1.20. The zero-order chi connectivity index (χ0) is 17.8. The molecule has 0 bridgehead atoms. The summed E-state index contributed by atoms with van der Waals surface area (Å²) in [5, 5.41) is 4.27. The Hall–Kier alpha value is -2.67. The molecular formula is C18H18N4O2S. The fraction of sp³-hybridized carbons (Fsp3) is 0.222. The van der Waals surface area contributed by atoms with Crippen molar-refractivity contribution in [3.05, 3.63) is 58.6 Å². The molecule has 25 heavy (non-hydrogen) atoms. The van der Waals surface area contributed by atoms with E-state index < -0.39 is 0 Å². The first-order valence-corrected chi connectivity index (χ1v) is 8.89. The number of nitrogens with one attached hydrogen (secondary N) is 2. The number of aromatic amines is 1. The highest BCUT2D eigenvalue weighted by atomic mass is 32.2. The molecule has 0 atom stereocenters. The van der Waals surface area contributed by atoms with E-state index in [9.17, 15) is 9.59 Å². The summed E-state index contributed by atoms with van der Waals surface area (Å²) in [5.41, 5.74) is 1.92. The quantitative estimate of drug-likeness (QED) is 0.543. The molecule has 2 heterocycles. The van der Waals surface area contributed by atoms with Gasteiger partial charge >= 0.3 is 0 Å². The van der Waals surface area contributed by atoms with Crippen molar-refractivity contribution in [2.75, 3.05) is 11.1 Å². The summed E-state index contributed by atoms with van der Waals surface area (Å²) in [7, 11) is 0. The summed E-state index contributed by atoms with van der Waals surface area (Å²) < 4.78 is 0. The van der Waals surface area contributed by atoms with Crippen LogP contribution in [0.15, 0.2) is 52.5 Å². The Morgan fingerprint density at radius 2 is 2.08 bits per heavy atom. The highest BCUT2D eigenvalue weighted by Gasteiger charge is 2.10. The van der Waals surface area contributed by atoms with E-state index in [0.717, 1.165) is 10.9 Å². The van der Waals surface area contributed by atoms with Crippen LogP contribution in [0.25, 0.3) is 10.9 Å². The van der Waals surface area contributed by atoms with Crippen LogP contribution in [0.2, 0.25) is 0 Å². The fourth-order valence-corrected chi connectivity index (χ4v) is 3.03. The lowest BCUT2D eigenvalue weighted by atomic mass is 10.1. The summed E-state index contributed by atoms with van der Waals surface area (Å²) in [4.78, 5) is 35.3. The maximum atomic E-state index is 12.3. The molecule has 0 saturated heterocycles. The number of hydrogen-bond donors (Lipinski definition) is 2. The summed E-state index contributed by atoms with van der Waals surface area (Å²) in [6.45, 7) is 3.94. The van der Waals surface area contributed by atoms with E-state index in [1.165, 1.54) is 17.8 Å². The number of nitrogens with zero attached hydrogens (tertiary/aromatic N) is 2. The molecule has 0 radical (unpaired) electrons. The molecule has 0 spiro atoms. The number of benzene rings is 1. The number of carbonyl (C=O) groups excluding carboxylic acids is 1. The lowest BCUT2D eigenvalue weighted by molar-refractivity contribution is -0.113. The number of amides is 1. The molecule has 1 amide bonds. The van der Waals surface area contributed by atoms with Gasteiger partial charge in [-0.15, -0.1) is 0 Å². The predicted molar refractivity (Wildman–Crippen MR) is 100 cm³/mol. The molecular weight excluding hydrogens is 336 g/mol.